The minimum absolute atomic E-state index is 0.645. The number of halogens is 1. The third-order valence-electron chi connectivity index (χ3n) is 2.19. The quantitative estimate of drug-likeness (QED) is 0.661. The van der Waals surface area contributed by atoms with Crippen LogP contribution in [0.2, 0.25) is 0 Å². The molecule has 2 rings (SSSR count). The molecule has 82 valence electrons. The summed E-state index contributed by atoms with van der Waals surface area (Å²) in [7, 11) is 1.81. The number of guanidine groups is 1. The van der Waals surface area contributed by atoms with Crippen molar-refractivity contribution in [1.29, 1.82) is 0 Å². The average Bonchev–Trinajstić information content (AvgIpc) is 2.95. The molecule has 0 bridgehead atoms. The van der Waals surface area contributed by atoms with Crippen molar-refractivity contribution in [2.24, 2.45) is 4.99 Å². The van der Waals surface area contributed by atoms with Crippen LogP contribution < -0.4 is 10.6 Å². The van der Waals surface area contributed by atoms with E-state index in [0.29, 0.717) is 6.04 Å². The van der Waals surface area contributed by atoms with Gasteiger partial charge < -0.3 is 10.6 Å². The molecule has 0 spiro atoms. The van der Waals surface area contributed by atoms with Gasteiger partial charge in [0.1, 0.15) is 0 Å². The van der Waals surface area contributed by atoms with Crippen LogP contribution in [0.25, 0.3) is 0 Å². The second-order valence-electron chi connectivity index (χ2n) is 3.58. The molecule has 5 heteroatoms. The van der Waals surface area contributed by atoms with Crippen molar-refractivity contribution in [3.63, 3.8) is 0 Å². The molecule has 1 aliphatic carbocycles. The van der Waals surface area contributed by atoms with E-state index in [1.54, 1.807) is 11.3 Å². The molecule has 0 amide bonds. The van der Waals surface area contributed by atoms with Crippen LogP contribution in [-0.2, 0) is 6.54 Å². The molecule has 1 aromatic rings. The van der Waals surface area contributed by atoms with Crippen molar-refractivity contribution >= 4 is 33.2 Å². The summed E-state index contributed by atoms with van der Waals surface area (Å²) in [5.74, 6) is 0.905. The third kappa shape index (κ3) is 3.50. The number of hydrogen-bond donors (Lipinski definition) is 2. The minimum Gasteiger partial charge on any atom is -0.354 e. The second kappa shape index (κ2) is 4.99. The number of nitrogens with one attached hydrogen (secondary N) is 2. The van der Waals surface area contributed by atoms with Crippen molar-refractivity contribution in [2.45, 2.75) is 25.4 Å². The highest BCUT2D eigenvalue weighted by molar-refractivity contribution is 9.10. The SMILES string of the molecule is CN=C(NCc1cc(Br)cs1)NC1CC1. The van der Waals surface area contributed by atoms with Gasteiger partial charge in [0.2, 0.25) is 0 Å². The Morgan fingerprint density at radius 3 is 3.00 bits per heavy atom. The van der Waals surface area contributed by atoms with E-state index in [1.807, 2.05) is 7.05 Å². The van der Waals surface area contributed by atoms with Crippen molar-refractivity contribution < 1.29 is 0 Å². The summed E-state index contributed by atoms with van der Waals surface area (Å²) >= 11 is 5.19. The van der Waals surface area contributed by atoms with E-state index < -0.39 is 0 Å². The molecule has 0 atom stereocenters. The van der Waals surface area contributed by atoms with E-state index in [-0.39, 0.29) is 0 Å². The Labute approximate surface area is 102 Å². The Balaban J connectivity index is 1.80. The first-order valence-corrected chi connectivity index (χ1v) is 6.65. The van der Waals surface area contributed by atoms with Gasteiger partial charge in [-0.15, -0.1) is 11.3 Å². The molecular formula is C10H14BrN3S. The number of nitrogens with zero attached hydrogens (tertiary/aromatic N) is 1. The number of rotatable bonds is 3. The fourth-order valence-corrected chi connectivity index (χ4v) is 2.62. The van der Waals surface area contributed by atoms with E-state index >= 15 is 0 Å². The highest BCUT2D eigenvalue weighted by Crippen LogP contribution is 2.20. The van der Waals surface area contributed by atoms with Gasteiger partial charge in [-0.2, -0.15) is 0 Å². The lowest BCUT2D eigenvalue weighted by molar-refractivity contribution is 0.811. The average molecular weight is 288 g/mol. The lowest BCUT2D eigenvalue weighted by Gasteiger charge is -2.09. The number of aliphatic imine (C=N–C) groups is 1. The predicted molar refractivity (Wildman–Crippen MR) is 68.4 cm³/mol. The summed E-state index contributed by atoms with van der Waals surface area (Å²) in [6.07, 6.45) is 2.54. The summed E-state index contributed by atoms with van der Waals surface area (Å²) < 4.78 is 1.15. The van der Waals surface area contributed by atoms with Crippen LogP contribution in [0, 0.1) is 0 Å². The molecule has 2 N–H and O–H groups in total. The van der Waals surface area contributed by atoms with Crippen LogP contribution in [-0.4, -0.2) is 19.0 Å². The largest absolute Gasteiger partial charge is 0.354 e. The Morgan fingerprint density at radius 2 is 2.47 bits per heavy atom. The Bertz CT molecular complexity index is 357. The highest BCUT2D eigenvalue weighted by Gasteiger charge is 2.21. The molecule has 1 fully saturated rings. The Kier molecular flexibility index (Phi) is 3.64. The van der Waals surface area contributed by atoms with Gasteiger partial charge in [-0.1, -0.05) is 0 Å². The normalized spacial score (nSPS) is 16.5. The van der Waals surface area contributed by atoms with E-state index in [0.717, 1.165) is 17.0 Å². The van der Waals surface area contributed by atoms with Gasteiger partial charge in [-0.25, -0.2) is 0 Å². The molecule has 0 aromatic carbocycles. The fraction of sp³-hybridized carbons (Fsp3) is 0.500. The lowest BCUT2D eigenvalue weighted by Crippen LogP contribution is -2.37. The summed E-state index contributed by atoms with van der Waals surface area (Å²) in [6.45, 7) is 0.836. The highest BCUT2D eigenvalue weighted by atomic mass is 79.9. The molecule has 0 unspecified atom stereocenters. The summed E-state index contributed by atoms with van der Waals surface area (Å²) in [5.41, 5.74) is 0. The standard InChI is InChI=1S/C10H14BrN3S/c1-12-10(14-8-2-3-8)13-5-9-4-7(11)6-15-9/h4,6,8H,2-3,5H2,1H3,(H2,12,13,14). The third-order valence-corrected chi connectivity index (χ3v) is 3.89. The summed E-state index contributed by atoms with van der Waals surface area (Å²) in [6, 6.07) is 2.77. The maximum Gasteiger partial charge on any atom is 0.191 e. The van der Waals surface area contributed by atoms with Crippen LogP contribution in [0.1, 0.15) is 17.7 Å². The minimum atomic E-state index is 0.645. The zero-order valence-corrected chi connectivity index (χ0v) is 11.0. The molecule has 0 aliphatic heterocycles. The van der Waals surface area contributed by atoms with Gasteiger partial charge >= 0.3 is 0 Å². The van der Waals surface area contributed by atoms with Gasteiger partial charge in [0, 0.05) is 27.8 Å². The fourth-order valence-electron chi connectivity index (χ4n) is 1.23. The first-order chi connectivity index (χ1) is 7.28. The predicted octanol–water partition coefficient (Wildman–Crippen LogP) is 2.34. The van der Waals surface area contributed by atoms with Crippen LogP contribution in [0.4, 0.5) is 0 Å². The van der Waals surface area contributed by atoms with Gasteiger partial charge in [0.25, 0.3) is 0 Å². The second-order valence-corrected chi connectivity index (χ2v) is 5.49. The molecule has 15 heavy (non-hydrogen) atoms. The molecule has 1 saturated carbocycles. The lowest BCUT2D eigenvalue weighted by atomic mass is 10.4. The van der Waals surface area contributed by atoms with Gasteiger partial charge in [-0.05, 0) is 34.8 Å². The maximum atomic E-state index is 4.18. The summed E-state index contributed by atoms with van der Waals surface area (Å²) in [5, 5.41) is 8.74. The zero-order valence-electron chi connectivity index (χ0n) is 8.59. The molecule has 0 saturated heterocycles. The molecule has 1 aromatic heterocycles. The number of hydrogen-bond acceptors (Lipinski definition) is 2. The van der Waals surface area contributed by atoms with E-state index in [4.69, 9.17) is 0 Å². The molecule has 1 aliphatic rings. The molecule has 0 radical (unpaired) electrons. The van der Waals surface area contributed by atoms with Crippen molar-refractivity contribution in [3.8, 4) is 0 Å². The van der Waals surface area contributed by atoms with Crippen molar-refractivity contribution in [2.75, 3.05) is 7.05 Å². The topological polar surface area (TPSA) is 36.4 Å². The van der Waals surface area contributed by atoms with E-state index in [2.05, 4.69) is 43.0 Å². The van der Waals surface area contributed by atoms with Gasteiger partial charge in [-0.3, -0.25) is 4.99 Å². The monoisotopic (exact) mass is 287 g/mol. The Morgan fingerprint density at radius 1 is 1.67 bits per heavy atom. The first kappa shape index (κ1) is 11.0. The van der Waals surface area contributed by atoms with Gasteiger partial charge in [0.15, 0.2) is 5.96 Å². The number of thiophene rings is 1. The first-order valence-electron chi connectivity index (χ1n) is 4.98. The van der Waals surface area contributed by atoms with Crippen LogP contribution in [0.5, 0.6) is 0 Å². The van der Waals surface area contributed by atoms with Crippen LogP contribution in [0.3, 0.4) is 0 Å². The van der Waals surface area contributed by atoms with E-state index in [9.17, 15) is 0 Å². The Hall–Kier alpha value is -0.550. The van der Waals surface area contributed by atoms with Crippen LogP contribution >= 0.6 is 27.3 Å². The van der Waals surface area contributed by atoms with Crippen LogP contribution in [0.15, 0.2) is 20.9 Å². The van der Waals surface area contributed by atoms with Crippen molar-refractivity contribution in [3.05, 3.63) is 20.8 Å². The maximum absolute atomic E-state index is 4.18. The summed E-state index contributed by atoms with van der Waals surface area (Å²) in [4.78, 5) is 5.48. The van der Waals surface area contributed by atoms with Crippen molar-refractivity contribution in [1.82, 2.24) is 10.6 Å². The van der Waals surface area contributed by atoms with Gasteiger partial charge in [0.05, 0.1) is 6.54 Å². The molecule has 3 nitrogen and oxygen atoms in total. The molecular weight excluding hydrogens is 274 g/mol. The van der Waals surface area contributed by atoms with E-state index in [1.165, 1.54) is 17.7 Å². The zero-order chi connectivity index (χ0) is 10.7. The smallest absolute Gasteiger partial charge is 0.191 e. The molecule has 1 heterocycles.